The van der Waals surface area contributed by atoms with Crippen molar-refractivity contribution in [3.63, 3.8) is 0 Å². The van der Waals surface area contributed by atoms with E-state index in [2.05, 4.69) is 5.32 Å². The summed E-state index contributed by atoms with van der Waals surface area (Å²) in [7, 11) is -2.61. The van der Waals surface area contributed by atoms with Crippen LogP contribution < -0.4 is 14.2 Å². The topological polar surface area (TPSA) is 143 Å². The van der Waals surface area contributed by atoms with E-state index >= 15 is 0 Å². The van der Waals surface area contributed by atoms with Crippen molar-refractivity contribution in [2.45, 2.75) is 4.90 Å². The number of hydrogen-bond acceptors (Lipinski definition) is 7. The van der Waals surface area contributed by atoms with Crippen LogP contribution in [-0.4, -0.2) is 32.5 Å². The van der Waals surface area contributed by atoms with Crippen LogP contribution in [0.15, 0.2) is 83.3 Å². The lowest BCUT2D eigenvalue weighted by Gasteiger charge is -2.09. The van der Waals surface area contributed by atoms with E-state index in [0.717, 1.165) is 0 Å². The molecular weight excluding hydrogens is 460 g/mol. The van der Waals surface area contributed by atoms with Crippen molar-refractivity contribution in [1.29, 1.82) is 5.26 Å². The quantitative estimate of drug-likeness (QED) is 0.283. The van der Waals surface area contributed by atoms with Crippen molar-refractivity contribution in [1.82, 2.24) is 0 Å². The number of nitrogens with zero attached hydrogens (tertiary/aromatic N) is 1. The Bertz CT molecular complexity index is 1390. The van der Waals surface area contributed by atoms with Gasteiger partial charge in [0, 0.05) is 0 Å². The summed E-state index contributed by atoms with van der Waals surface area (Å²) in [6.45, 7) is 0. The van der Waals surface area contributed by atoms with Crippen molar-refractivity contribution < 1.29 is 32.0 Å². The van der Waals surface area contributed by atoms with Gasteiger partial charge in [0.05, 0.1) is 18.4 Å². The van der Waals surface area contributed by atoms with E-state index in [1.165, 1.54) is 79.9 Å². The van der Waals surface area contributed by atoms with Gasteiger partial charge in [-0.15, -0.1) is 0 Å². The summed E-state index contributed by atoms with van der Waals surface area (Å²) >= 11 is 0. The van der Waals surface area contributed by atoms with E-state index in [0.29, 0.717) is 11.3 Å². The summed E-state index contributed by atoms with van der Waals surface area (Å²) in [5.74, 6) is -1.48. The number of aromatic carboxylic acids is 1. The van der Waals surface area contributed by atoms with Crippen LogP contribution in [0.4, 0.5) is 5.69 Å². The van der Waals surface area contributed by atoms with Crippen molar-refractivity contribution in [3.8, 4) is 17.6 Å². The molecule has 3 aromatic rings. The number of carbonyl (C=O) groups excluding carboxylic acids is 1. The van der Waals surface area contributed by atoms with Crippen LogP contribution in [0.3, 0.4) is 0 Å². The number of carboxylic acid groups (broad SMARTS) is 1. The highest BCUT2D eigenvalue weighted by molar-refractivity contribution is 7.87. The number of amides is 1. The lowest BCUT2D eigenvalue weighted by molar-refractivity contribution is -0.112. The monoisotopic (exact) mass is 478 g/mol. The molecule has 172 valence electrons. The molecular formula is C24H18N2O7S. The number of para-hydroxylation sites is 1. The molecule has 0 saturated heterocycles. The molecule has 0 aromatic heterocycles. The highest BCUT2D eigenvalue weighted by Gasteiger charge is 2.17. The Hall–Kier alpha value is -4.62. The van der Waals surface area contributed by atoms with Gasteiger partial charge < -0.3 is 19.3 Å². The first-order valence-electron chi connectivity index (χ1n) is 9.67. The van der Waals surface area contributed by atoms with Crippen LogP contribution in [0.25, 0.3) is 6.08 Å². The number of hydrogen-bond donors (Lipinski definition) is 2. The summed E-state index contributed by atoms with van der Waals surface area (Å²) in [6, 6.07) is 18.9. The Morgan fingerprint density at radius 1 is 0.971 bits per heavy atom. The summed E-state index contributed by atoms with van der Waals surface area (Å²) in [6.07, 6.45) is 1.28. The summed E-state index contributed by atoms with van der Waals surface area (Å²) in [5.41, 5.74) is 0.0773. The molecule has 2 N–H and O–H groups in total. The maximum absolute atomic E-state index is 12.5. The first-order chi connectivity index (χ1) is 16.2. The van der Waals surface area contributed by atoms with Gasteiger partial charge in [-0.25, -0.2) is 4.79 Å². The highest BCUT2D eigenvalue weighted by Crippen LogP contribution is 2.22. The third kappa shape index (κ3) is 5.79. The first kappa shape index (κ1) is 24.0. The normalized spacial score (nSPS) is 11.2. The molecule has 0 bridgehead atoms. The molecule has 34 heavy (non-hydrogen) atoms. The van der Waals surface area contributed by atoms with Gasteiger partial charge in [-0.1, -0.05) is 24.3 Å². The Labute approximate surface area is 195 Å². The summed E-state index contributed by atoms with van der Waals surface area (Å²) in [5, 5.41) is 21.0. The third-order valence-electron chi connectivity index (χ3n) is 4.52. The first-order valence-corrected chi connectivity index (χ1v) is 11.1. The zero-order valence-corrected chi connectivity index (χ0v) is 18.6. The van der Waals surface area contributed by atoms with E-state index in [1.807, 2.05) is 0 Å². The van der Waals surface area contributed by atoms with E-state index in [1.54, 1.807) is 12.1 Å². The molecule has 3 rings (SSSR count). The molecule has 0 spiro atoms. The number of nitrogens with one attached hydrogen (secondary N) is 1. The average Bonchev–Trinajstić information content (AvgIpc) is 2.83. The van der Waals surface area contributed by atoms with Gasteiger partial charge in [0.1, 0.15) is 28.0 Å². The SMILES string of the molecule is COc1ccc(S(=O)(=O)Oc2ccc(/C=C(\C#N)C(=O)Nc3ccccc3C(=O)O)cc2)cc1. The van der Waals surface area contributed by atoms with Crippen LogP contribution >= 0.6 is 0 Å². The number of benzene rings is 3. The number of rotatable bonds is 8. The largest absolute Gasteiger partial charge is 0.497 e. The minimum absolute atomic E-state index is 0.0336. The Morgan fingerprint density at radius 2 is 1.59 bits per heavy atom. The molecule has 0 fully saturated rings. The number of carboxylic acids is 1. The van der Waals surface area contributed by atoms with Gasteiger partial charge in [0.2, 0.25) is 0 Å². The standard InChI is InChI=1S/C24H18N2O7S/c1-32-18-10-12-20(13-11-18)34(30,31)33-19-8-6-16(7-9-19)14-17(15-25)23(27)26-22-5-3-2-4-21(22)24(28)29/h2-14H,1H3,(H,26,27)(H,28,29)/b17-14+. The molecule has 0 radical (unpaired) electrons. The second-order valence-corrected chi connectivity index (χ2v) is 8.30. The van der Waals surface area contributed by atoms with Crippen LogP contribution in [-0.2, 0) is 14.9 Å². The van der Waals surface area contributed by atoms with E-state index in [9.17, 15) is 28.4 Å². The molecule has 0 atom stereocenters. The number of nitriles is 1. The third-order valence-corrected chi connectivity index (χ3v) is 5.78. The van der Waals surface area contributed by atoms with Crippen LogP contribution in [0.2, 0.25) is 0 Å². The van der Waals surface area contributed by atoms with Crippen LogP contribution in [0.5, 0.6) is 11.5 Å². The zero-order chi connectivity index (χ0) is 24.7. The van der Waals surface area contributed by atoms with Crippen LogP contribution in [0, 0.1) is 11.3 Å². The molecule has 0 aliphatic heterocycles. The lowest BCUT2D eigenvalue weighted by atomic mass is 10.1. The van der Waals surface area contributed by atoms with Gasteiger partial charge >= 0.3 is 16.1 Å². The van der Waals surface area contributed by atoms with Crippen molar-refractivity contribution in [2.24, 2.45) is 0 Å². The fourth-order valence-corrected chi connectivity index (χ4v) is 3.75. The molecule has 0 unspecified atom stereocenters. The van der Waals surface area contributed by atoms with Gasteiger partial charge in [-0.05, 0) is 60.2 Å². The predicted octanol–water partition coefficient (Wildman–Crippen LogP) is 3.71. The number of anilines is 1. The van der Waals surface area contributed by atoms with Crippen molar-refractivity contribution in [2.75, 3.05) is 12.4 Å². The molecule has 1 amide bonds. The van der Waals surface area contributed by atoms with Crippen molar-refractivity contribution in [3.05, 3.63) is 89.5 Å². The smallest absolute Gasteiger partial charge is 0.339 e. The summed E-state index contributed by atoms with van der Waals surface area (Å²) < 4.78 is 35.0. The lowest BCUT2D eigenvalue weighted by Crippen LogP contribution is -2.16. The van der Waals surface area contributed by atoms with E-state index in [4.69, 9.17) is 8.92 Å². The van der Waals surface area contributed by atoms with Gasteiger partial charge in [0.15, 0.2) is 0 Å². The van der Waals surface area contributed by atoms with Gasteiger partial charge in [-0.2, -0.15) is 13.7 Å². The molecule has 0 saturated carbocycles. The fraction of sp³-hybridized carbons (Fsp3) is 0.0417. The summed E-state index contributed by atoms with van der Waals surface area (Å²) in [4.78, 5) is 23.7. The van der Waals surface area contributed by atoms with Crippen molar-refractivity contribution >= 4 is 33.8 Å². The molecule has 0 aliphatic carbocycles. The van der Waals surface area contributed by atoms with Crippen LogP contribution in [0.1, 0.15) is 15.9 Å². The fourth-order valence-electron chi connectivity index (χ4n) is 2.82. The maximum atomic E-state index is 12.5. The molecule has 10 heteroatoms. The average molecular weight is 478 g/mol. The molecule has 0 aliphatic rings. The van der Waals surface area contributed by atoms with Gasteiger partial charge in [0.25, 0.3) is 5.91 Å². The van der Waals surface area contributed by atoms with E-state index in [-0.39, 0.29) is 27.5 Å². The molecule has 3 aromatic carbocycles. The highest BCUT2D eigenvalue weighted by atomic mass is 32.2. The molecule has 9 nitrogen and oxygen atoms in total. The van der Waals surface area contributed by atoms with E-state index < -0.39 is 22.0 Å². The number of carbonyl (C=O) groups is 2. The molecule has 0 heterocycles. The Balaban J connectivity index is 1.75. The maximum Gasteiger partial charge on any atom is 0.339 e. The number of ether oxygens (including phenoxy) is 1. The Morgan fingerprint density at radius 3 is 2.18 bits per heavy atom. The Kier molecular flexibility index (Phi) is 7.30. The predicted molar refractivity (Wildman–Crippen MR) is 123 cm³/mol. The number of methoxy groups -OCH3 is 1. The minimum Gasteiger partial charge on any atom is -0.497 e. The zero-order valence-electron chi connectivity index (χ0n) is 17.8. The second kappa shape index (κ2) is 10.3. The minimum atomic E-state index is -4.07. The second-order valence-electron chi connectivity index (χ2n) is 6.76. The van der Waals surface area contributed by atoms with Gasteiger partial charge in [-0.3, -0.25) is 4.79 Å².